The van der Waals surface area contributed by atoms with Gasteiger partial charge in [-0.15, -0.1) is 11.3 Å². The molecule has 1 saturated heterocycles. The van der Waals surface area contributed by atoms with E-state index in [1.807, 2.05) is 36.4 Å². The molecule has 7 rings (SSSR count). The van der Waals surface area contributed by atoms with Gasteiger partial charge in [0.1, 0.15) is 5.69 Å². The highest BCUT2D eigenvalue weighted by Crippen LogP contribution is 2.47. The summed E-state index contributed by atoms with van der Waals surface area (Å²) in [6, 6.07) is 17.6. The van der Waals surface area contributed by atoms with E-state index in [-0.39, 0.29) is 29.6 Å². The average Bonchev–Trinajstić information content (AvgIpc) is 3.27. The molecule has 188 valence electrons. The summed E-state index contributed by atoms with van der Waals surface area (Å²) in [5.41, 5.74) is 2.49. The number of carbonyl (C=O) groups is 2. The molecule has 2 aromatic heterocycles. The van der Waals surface area contributed by atoms with Gasteiger partial charge in [-0.3, -0.25) is 9.59 Å². The van der Waals surface area contributed by atoms with Gasteiger partial charge in [0, 0.05) is 18.5 Å². The van der Waals surface area contributed by atoms with Crippen LogP contribution in [0.3, 0.4) is 0 Å². The zero-order valence-corrected chi connectivity index (χ0v) is 21.2. The van der Waals surface area contributed by atoms with Crippen LogP contribution in [0.25, 0.3) is 21.4 Å². The number of hydrogen-bond donors (Lipinski definition) is 1. The predicted octanol–water partition coefficient (Wildman–Crippen LogP) is 5.64. The number of nitrogens with zero attached hydrogens (tertiary/aromatic N) is 3. The van der Waals surface area contributed by atoms with E-state index in [1.165, 1.54) is 0 Å². The lowest BCUT2D eigenvalue weighted by Gasteiger charge is -2.30. The molecule has 1 N–H and O–H groups in total. The topological polar surface area (TPSA) is 88.3 Å². The second-order valence-corrected chi connectivity index (χ2v) is 11.5. The quantitative estimate of drug-likeness (QED) is 0.361. The Kier molecular flexibility index (Phi) is 5.57. The third-order valence-corrected chi connectivity index (χ3v) is 9.35. The molecule has 2 aromatic carbocycles. The highest BCUT2D eigenvalue weighted by atomic mass is 32.1. The van der Waals surface area contributed by atoms with Gasteiger partial charge >= 0.3 is 0 Å². The summed E-state index contributed by atoms with van der Waals surface area (Å²) in [5.74, 6) is 0.686. The lowest BCUT2D eigenvalue weighted by molar-refractivity contribution is 0.0645. The number of nitrogens with one attached hydrogen (secondary N) is 1. The van der Waals surface area contributed by atoms with Crippen molar-refractivity contribution in [1.29, 1.82) is 0 Å². The van der Waals surface area contributed by atoms with Crippen molar-refractivity contribution in [3.63, 3.8) is 0 Å². The number of hydrogen-bond acceptors (Lipinski definition) is 6. The molecule has 0 spiro atoms. The van der Waals surface area contributed by atoms with Crippen LogP contribution >= 0.6 is 11.3 Å². The zero-order chi connectivity index (χ0) is 24.9. The van der Waals surface area contributed by atoms with Crippen LogP contribution in [0.2, 0.25) is 0 Å². The summed E-state index contributed by atoms with van der Waals surface area (Å²) in [7, 11) is 0. The first-order chi connectivity index (χ1) is 18.2. The Morgan fingerprint density at radius 3 is 2.65 bits per heavy atom. The minimum absolute atomic E-state index is 0.00235. The van der Waals surface area contributed by atoms with E-state index >= 15 is 0 Å². The Hall–Kier alpha value is -3.52. The molecule has 3 atom stereocenters. The SMILES string of the molecule is O=C(NC[C@@H]1C[C@@H]2CCC[C@@H]2N1C(=O)c1nc(C2CC2)sc1-c1ccccc1)c1noc2ccccc12. The fourth-order valence-corrected chi connectivity index (χ4v) is 7.36. The maximum absolute atomic E-state index is 14.2. The Bertz CT molecular complexity index is 1470. The Labute approximate surface area is 218 Å². The summed E-state index contributed by atoms with van der Waals surface area (Å²) in [4.78, 5) is 35.2. The van der Waals surface area contributed by atoms with Crippen LogP contribution in [0.4, 0.5) is 0 Å². The third kappa shape index (κ3) is 4.03. The minimum atomic E-state index is -0.274. The van der Waals surface area contributed by atoms with Gasteiger partial charge in [-0.2, -0.15) is 0 Å². The molecule has 37 heavy (non-hydrogen) atoms. The molecule has 3 heterocycles. The van der Waals surface area contributed by atoms with Crippen molar-refractivity contribution in [1.82, 2.24) is 20.4 Å². The largest absolute Gasteiger partial charge is 0.355 e. The molecule has 2 amide bonds. The maximum atomic E-state index is 14.2. The second-order valence-electron chi connectivity index (χ2n) is 10.5. The van der Waals surface area contributed by atoms with E-state index in [0.29, 0.717) is 35.0 Å². The summed E-state index contributed by atoms with van der Waals surface area (Å²) in [5, 5.41) is 8.81. The molecular weight excluding hydrogens is 484 g/mol. The molecule has 3 aliphatic rings. The van der Waals surface area contributed by atoms with Crippen LogP contribution in [0, 0.1) is 5.92 Å². The number of thiazole rings is 1. The number of amides is 2. The van der Waals surface area contributed by atoms with Crippen molar-refractivity contribution in [2.24, 2.45) is 5.92 Å². The van der Waals surface area contributed by atoms with E-state index in [1.54, 1.807) is 17.4 Å². The molecule has 3 fully saturated rings. The van der Waals surface area contributed by atoms with Crippen LogP contribution < -0.4 is 5.32 Å². The van der Waals surface area contributed by atoms with Gasteiger partial charge in [0.15, 0.2) is 11.3 Å². The number of fused-ring (bicyclic) bond motifs is 2. The van der Waals surface area contributed by atoms with Gasteiger partial charge in [0.25, 0.3) is 11.8 Å². The highest BCUT2D eigenvalue weighted by molar-refractivity contribution is 7.15. The minimum Gasteiger partial charge on any atom is -0.355 e. The van der Waals surface area contributed by atoms with Gasteiger partial charge in [-0.25, -0.2) is 4.98 Å². The molecule has 0 unspecified atom stereocenters. The first-order valence-electron chi connectivity index (χ1n) is 13.2. The van der Waals surface area contributed by atoms with Gasteiger partial charge in [0.05, 0.1) is 21.3 Å². The number of likely N-dealkylation sites (tertiary alicyclic amines) is 1. The van der Waals surface area contributed by atoms with Crippen molar-refractivity contribution in [3.05, 3.63) is 71.0 Å². The monoisotopic (exact) mass is 512 g/mol. The van der Waals surface area contributed by atoms with Gasteiger partial charge in [0.2, 0.25) is 0 Å². The Balaban J connectivity index is 1.17. The lowest BCUT2D eigenvalue weighted by atomic mass is 10.0. The fraction of sp³-hybridized carbons (Fsp3) is 0.379. The van der Waals surface area contributed by atoms with E-state index in [0.717, 1.165) is 54.0 Å². The lowest BCUT2D eigenvalue weighted by Crippen LogP contribution is -2.46. The predicted molar refractivity (Wildman–Crippen MR) is 142 cm³/mol. The van der Waals surface area contributed by atoms with E-state index < -0.39 is 0 Å². The Morgan fingerprint density at radius 2 is 1.81 bits per heavy atom. The molecular formula is C29H28N4O3S. The van der Waals surface area contributed by atoms with Crippen molar-refractivity contribution >= 4 is 34.1 Å². The molecule has 2 saturated carbocycles. The zero-order valence-electron chi connectivity index (χ0n) is 20.4. The number of para-hydroxylation sites is 1. The Morgan fingerprint density at radius 1 is 1.00 bits per heavy atom. The van der Waals surface area contributed by atoms with Crippen molar-refractivity contribution in [2.75, 3.05) is 6.54 Å². The summed E-state index contributed by atoms with van der Waals surface area (Å²) in [6.07, 6.45) is 6.47. The summed E-state index contributed by atoms with van der Waals surface area (Å²) in [6.45, 7) is 0.388. The molecule has 1 aliphatic heterocycles. The molecule has 0 radical (unpaired) electrons. The smallest absolute Gasteiger partial charge is 0.274 e. The van der Waals surface area contributed by atoms with Gasteiger partial charge in [-0.05, 0) is 55.7 Å². The molecule has 4 aromatic rings. The van der Waals surface area contributed by atoms with Crippen molar-refractivity contribution in [3.8, 4) is 10.4 Å². The van der Waals surface area contributed by atoms with Crippen molar-refractivity contribution < 1.29 is 14.1 Å². The molecule has 0 bridgehead atoms. The normalized spacial score (nSPS) is 22.9. The van der Waals surface area contributed by atoms with Gasteiger partial charge in [-0.1, -0.05) is 54.0 Å². The first kappa shape index (κ1) is 22.7. The standard InChI is InChI=1S/C29H28N4O3S/c34-27(24-21-10-4-5-12-23(21)36-32-24)30-16-20-15-19-9-6-11-22(19)33(20)29(35)25-26(17-7-2-1-3-8-17)37-28(31-25)18-13-14-18/h1-5,7-8,10,12,18-20,22H,6,9,11,13-16H2,(H,30,34)/t19-,20-,22-/m0/s1. The van der Waals surface area contributed by atoms with Crippen LogP contribution in [0.5, 0.6) is 0 Å². The number of rotatable bonds is 6. The van der Waals surface area contributed by atoms with Gasteiger partial charge < -0.3 is 14.7 Å². The van der Waals surface area contributed by atoms with E-state index in [2.05, 4.69) is 27.5 Å². The highest BCUT2D eigenvalue weighted by Gasteiger charge is 2.47. The number of aromatic nitrogens is 2. The average molecular weight is 513 g/mol. The summed E-state index contributed by atoms with van der Waals surface area (Å²) < 4.78 is 5.32. The second kappa shape index (κ2) is 9.10. The molecule has 7 nitrogen and oxygen atoms in total. The fourth-order valence-electron chi connectivity index (χ4n) is 6.13. The van der Waals surface area contributed by atoms with E-state index in [9.17, 15) is 9.59 Å². The van der Waals surface area contributed by atoms with Crippen LogP contribution in [0.1, 0.15) is 70.4 Å². The number of benzene rings is 2. The number of carbonyl (C=O) groups excluding carboxylic acids is 2. The van der Waals surface area contributed by atoms with E-state index in [4.69, 9.17) is 9.51 Å². The first-order valence-corrected chi connectivity index (χ1v) is 14.0. The van der Waals surface area contributed by atoms with Crippen LogP contribution in [0.15, 0.2) is 59.1 Å². The maximum Gasteiger partial charge on any atom is 0.274 e. The third-order valence-electron chi connectivity index (χ3n) is 8.08. The van der Waals surface area contributed by atoms with Crippen LogP contribution in [-0.4, -0.2) is 45.5 Å². The molecule has 8 heteroatoms. The van der Waals surface area contributed by atoms with Crippen molar-refractivity contribution in [2.45, 2.75) is 56.5 Å². The molecule has 2 aliphatic carbocycles. The summed E-state index contributed by atoms with van der Waals surface area (Å²) >= 11 is 1.67. The van der Waals surface area contributed by atoms with Crippen LogP contribution in [-0.2, 0) is 0 Å².